The van der Waals surface area contributed by atoms with E-state index in [1.165, 1.54) is 20.9 Å². The van der Waals surface area contributed by atoms with E-state index in [0.717, 1.165) is 5.56 Å². The summed E-state index contributed by atoms with van der Waals surface area (Å²) < 4.78 is 0. The van der Waals surface area contributed by atoms with Crippen LogP contribution in [0, 0.1) is 26.2 Å². The minimum atomic E-state index is 0.979. The van der Waals surface area contributed by atoms with Gasteiger partial charge in [0.2, 0.25) is 0 Å². The molecule has 0 aliphatic carbocycles. The number of benzene rings is 1. The van der Waals surface area contributed by atoms with Crippen LogP contribution in [0.3, 0.4) is 0 Å². The highest BCUT2D eigenvalue weighted by molar-refractivity contribution is 7.15. The molecule has 1 heterocycles. The zero-order valence-corrected chi connectivity index (χ0v) is 9.69. The molecule has 0 fully saturated rings. The Morgan fingerprint density at radius 1 is 1.13 bits per heavy atom. The van der Waals surface area contributed by atoms with Crippen LogP contribution in [-0.4, -0.2) is 0 Å². The largest absolute Gasteiger partial charge is 0.141 e. The predicted octanol–water partition coefficient (Wildman–Crippen LogP) is 4.01. The maximum atomic E-state index is 5.40. The van der Waals surface area contributed by atoms with Gasteiger partial charge in [0.25, 0.3) is 0 Å². The summed E-state index contributed by atoms with van der Waals surface area (Å²) in [7, 11) is 0. The molecule has 0 spiro atoms. The molecule has 0 atom stereocenters. The lowest BCUT2D eigenvalue weighted by Crippen LogP contribution is -1.82. The summed E-state index contributed by atoms with van der Waals surface area (Å²) in [5, 5.41) is 0. The van der Waals surface area contributed by atoms with Gasteiger partial charge in [-0.25, -0.2) is 0 Å². The fourth-order valence-corrected chi connectivity index (χ4v) is 2.43. The van der Waals surface area contributed by atoms with Crippen LogP contribution in [0.2, 0.25) is 0 Å². The summed E-state index contributed by atoms with van der Waals surface area (Å²) in [6.07, 6.45) is 5.40. The molecule has 0 amide bonds. The molecule has 1 aromatic heterocycles. The Morgan fingerprint density at radius 2 is 1.93 bits per heavy atom. The third-order valence-electron chi connectivity index (χ3n) is 2.41. The molecule has 74 valence electrons. The molecular weight excluding hydrogens is 200 g/mol. The molecule has 1 aromatic carbocycles. The molecule has 1 heteroatoms. The van der Waals surface area contributed by atoms with Gasteiger partial charge in [0.15, 0.2) is 0 Å². The first kappa shape index (κ1) is 10.0. The molecule has 15 heavy (non-hydrogen) atoms. The first-order valence-electron chi connectivity index (χ1n) is 4.85. The van der Waals surface area contributed by atoms with Crippen LogP contribution in [0.4, 0.5) is 0 Å². The maximum Gasteiger partial charge on any atom is 0.0345 e. The van der Waals surface area contributed by atoms with E-state index in [2.05, 4.69) is 44.0 Å². The smallest absolute Gasteiger partial charge is 0.0345 e. The van der Waals surface area contributed by atoms with Gasteiger partial charge in [0, 0.05) is 15.3 Å². The molecule has 2 rings (SSSR count). The zero-order valence-electron chi connectivity index (χ0n) is 8.87. The Labute approximate surface area is 94.6 Å². The fourth-order valence-electron chi connectivity index (χ4n) is 1.57. The molecule has 0 bridgehead atoms. The summed E-state index contributed by atoms with van der Waals surface area (Å²) in [6.45, 7) is 4.18. The van der Waals surface area contributed by atoms with E-state index in [1.54, 1.807) is 0 Å². The summed E-state index contributed by atoms with van der Waals surface area (Å²) >= 11 is 1.81. The summed E-state index contributed by atoms with van der Waals surface area (Å²) in [4.78, 5) is 2.64. The Bertz CT molecular complexity index is 527. The van der Waals surface area contributed by atoms with E-state index in [0.29, 0.717) is 0 Å². The third-order valence-corrected chi connectivity index (χ3v) is 3.46. The van der Waals surface area contributed by atoms with Crippen LogP contribution < -0.4 is 0 Å². The van der Waals surface area contributed by atoms with Crippen molar-refractivity contribution in [3.8, 4) is 22.8 Å². The van der Waals surface area contributed by atoms with Crippen molar-refractivity contribution in [3.63, 3.8) is 0 Å². The van der Waals surface area contributed by atoms with Crippen LogP contribution in [0.1, 0.15) is 16.0 Å². The summed E-state index contributed by atoms with van der Waals surface area (Å²) in [5.74, 6) is 2.68. The SMILES string of the molecule is C#Cc1ccc(-c2ccc(C)s2)cc1C. The molecule has 0 saturated heterocycles. The summed E-state index contributed by atoms with van der Waals surface area (Å²) in [6, 6.07) is 10.6. The molecule has 2 aromatic rings. The second-order valence-electron chi connectivity index (χ2n) is 3.58. The lowest BCUT2D eigenvalue weighted by molar-refractivity contribution is 1.44. The van der Waals surface area contributed by atoms with Gasteiger partial charge in [-0.05, 0) is 49.2 Å². The topological polar surface area (TPSA) is 0 Å². The van der Waals surface area contributed by atoms with E-state index < -0.39 is 0 Å². The molecule has 0 unspecified atom stereocenters. The fraction of sp³-hybridized carbons (Fsp3) is 0.143. The van der Waals surface area contributed by atoms with Crippen molar-refractivity contribution in [1.82, 2.24) is 0 Å². The highest BCUT2D eigenvalue weighted by Crippen LogP contribution is 2.28. The normalized spacial score (nSPS) is 9.93. The van der Waals surface area contributed by atoms with Crippen LogP contribution >= 0.6 is 11.3 Å². The zero-order chi connectivity index (χ0) is 10.8. The first-order chi connectivity index (χ1) is 7.20. The van der Waals surface area contributed by atoms with Crippen molar-refractivity contribution in [2.75, 3.05) is 0 Å². The molecule has 0 aliphatic rings. The van der Waals surface area contributed by atoms with Crippen molar-refractivity contribution >= 4 is 11.3 Å². The van der Waals surface area contributed by atoms with E-state index in [1.807, 2.05) is 17.4 Å². The Kier molecular flexibility index (Phi) is 2.62. The monoisotopic (exact) mass is 212 g/mol. The summed E-state index contributed by atoms with van der Waals surface area (Å²) in [5.41, 5.74) is 3.40. The van der Waals surface area contributed by atoms with Crippen LogP contribution in [-0.2, 0) is 0 Å². The lowest BCUT2D eigenvalue weighted by Gasteiger charge is -2.02. The Hall–Kier alpha value is -1.52. The minimum absolute atomic E-state index is 0.979. The minimum Gasteiger partial charge on any atom is -0.141 e. The van der Waals surface area contributed by atoms with Gasteiger partial charge >= 0.3 is 0 Å². The molecule has 0 radical (unpaired) electrons. The number of hydrogen-bond acceptors (Lipinski definition) is 1. The third kappa shape index (κ3) is 1.95. The lowest BCUT2D eigenvalue weighted by atomic mass is 10.0. The standard InChI is InChI=1S/C14H12S/c1-4-12-6-7-13(9-10(12)2)14-8-5-11(3)15-14/h1,5-9H,2-3H3. The Balaban J connectivity index is 2.48. The Morgan fingerprint density at radius 3 is 2.47 bits per heavy atom. The molecular formula is C14H12S. The van der Waals surface area contributed by atoms with E-state index in [-0.39, 0.29) is 0 Å². The van der Waals surface area contributed by atoms with E-state index >= 15 is 0 Å². The first-order valence-corrected chi connectivity index (χ1v) is 5.66. The average molecular weight is 212 g/mol. The average Bonchev–Trinajstić information content (AvgIpc) is 2.65. The number of aryl methyl sites for hydroxylation is 2. The molecule has 0 aliphatic heterocycles. The molecule has 0 nitrogen and oxygen atoms in total. The highest BCUT2D eigenvalue weighted by atomic mass is 32.1. The van der Waals surface area contributed by atoms with Gasteiger partial charge in [0.1, 0.15) is 0 Å². The van der Waals surface area contributed by atoms with Gasteiger partial charge in [-0.1, -0.05) is 12.0 Å². The van der Waals surface area contributed by atoms with Crippen LogP contribution in [0.5, 0.6) is 0 Å². The number of hydrogen-bond donors (Lipinski definition) is 0. The van der Waals surface area contributed by atoms with Gasteiger partial charge < -0.3 is 0 Å². The van der Waals surface area contributed by atoms with Crippen LogP contribution in [0.15, 0.2) is 30.3 Å². The predicted molar refractivity (Wildman–Crippen MR) is 67.2 cm³/mol. The number of terminal acetylenes is 1. The number of rotatable bonds is 1. The molecule has 0 N–H and O–H groups in total. The van der Waals surface area contributed by atoms with E-state index in [4.69, 9.17) is 6.42 Å². The van der Waals surface area contributed by atoms with Crippen molar-refractivity contribution < 1.29 is 0 Å². The van der Waals surface area contributed by atoms with Crippen molar-refractivity contribution in [1.29, 1.82) is 0 Å². The van der Waals surface area contributed by atoms with Gasteiger partial charge in [-0.15, -0.1) is 17.8 Å². The van der Waals surface area contributed by atoms with Crippen LogP contribution in [0.25, 0.3) is 10.4 Å². The quantitative estimate of drug-likeness (QED) is 0.626. The van der Waals surface area contributed by atoms with E-state index in [9.17, 15) is 0 Å². The van der Waals surface area contributed by atoms with Crippen molar-refractivity contribution in [3.05, 3.63) is 46.3 Å². The second kappa shape index (κ2) is 3.92. The van der Waals surface area contributed by atoms with Gasteiger partial charge in [-0.3, -0.25) is 0 Å². The maximum absolute atomic E-state index is 5.40. The molecule has 0 saturated carbocycles. The van der Waals surface area contributed by atoms with Gasteiger partial charge in [0.05, 0.1) is 0 Å². The van der Waals surface area contributed by atoms with Crippen molar-refractivity contribution in [2.24, 2.45) is 0 Å². The highest BCUT2D eigenvalue weighted by Gasteiger charge is 2.02. The van der Waals surface area contributed by atoms with Crippen molar-refractivity contribution in [2.45, 2.75) is 13.8 Å². The second-order valence-corrected chi connectivity index (χ2v) is 4.87. The number of thiophene rings is 1. The van der Waals surface area contributed by atoms with Gasteiger partial charge in [-0.2, -0.15) is 0 Å².